The molecule has 9 rings (SSSR count). The van der Waals surface area contributed by atoms with Crippen LogP contribution in [-0.4, -0.2) is 43.1 Å². The van der Waals surface area contributed by atoms with E-state index in [2.05, 4.69) is 45.2 Å². The number of hydrogen-bond donors (Lipinski definition) is 1. The fraction of sp³-hybridized carbons (Fsp3) is 0.531. The summed E-state index contributed by atoms with van der Waals surface area (Å²) in [6.07, 6.45) is 4.56. The molecule has 0 aromatic heterocycles. The van der Waals surface area contributed by atoms with Gasteiger partial charge in [-0.05, 0) is 149 Å². The minimum atomic E-state index is -4.50. The van der Waals surface area contributed by atoms with Gasteiger partial charge in [0, 0.05) is 19.0 Å². The van der Waals surface area contributed by atoms with Gasteiger partial charge in [-0.3, -0.25) is 14.1 Å². The average molecular weight is 844 g/mol. The van der Waals surface area contributed by atoms with Gasteiger partial charge in [-0.2, -0.15) is 8.42 Å². The molecule has 7 aliphatic rings. The lowest BCUT2D eigenvalue weighted by Crippen LogP contribution is -2.44. The maximum absolute atomic E-state index is 13.8. The van der Waals surface area contributed by atoms with E-state index in [-0.39, 0.29) is 22.5 Å². The van der Waals surface area contributed by atoms with Crippen LogP contribution in [0.25, 0.3) is 0 Å². The normalized spacial score (nSPS) is 37.7. The largest absolute Gasteiger partial charge is 0.458 e. The summed E-state index contributed by atoms with van der Waals surface area (Å²) in [6, 6.07) is 9.80. The molecule has 1 heterocycles. The van der Waals surface area contributed by atoms with Gasteiger partial charge >= 0.3 is 17.9 Å². The summed E-state index contributed by atoms with van der Waals surface area (Å²) in [5.74, 6) is -1.69. The number of benzene rings is 2. The predicted octanol–water partition coefficient (Wildman–Crippen LogP) is 5.62. The van der Waals surface area contributed by atoms with Crippen molar-refractivity contribution in [3.8, 4) is 5.75 Å². The maximum atomic E-state index is 13.8. The van der Waals surface area contributed by atoms with Crippen molar-refractivity contribution < 1.29 is 41.6 Å². The van der Waals surface area contributed by atoms with Crippen LogP contribution in [0.2, 0.25) is 0 Å². The molecule has 0 radical (unpaired) electrons. The SMILES string of the molecule is O=C(OC1C2CC3C1OC(=O)C3C2C(=O)Oc1ccc(S(=O)(=O)O)c(C2C3CC4CC(C3)CC2C4)c1)c1c(I)cccc1I. The van der Waals surface area contributed by atoms with Crippen LogP contribution in [0.3, 0.4) is 0 Å². The fourth-order valence-corrected chi connectivity index (χ4v) is 12.7. The Bertz CT molecular complexity index is 1660. The van der Waals surface area contributed by atoms with E-state index in [0.717, 1.165) is 32.8 Å². The van der Waals surface area contributed by atoms with Crippen molar-refractivity contribution in [2.45, 2.75) is 61.5 Å². The first-order chi connectivity index (χ1) is 21.0. The Morgan fingerprint density at radius 2 is 1.55 bits per heavy atom. The van der Waals surface area contributed by atoms with E-state index < -0.39 is 58.0 Å². The van der Waals surface area contributed by atoms with Crippen LogP contribution < -0.4 is 4.74 Å². The van der Waals surface area contributed by atoms with Crippen molar-refractivity contribution >= 4 is 73.2 Å². The summed E-state index contributed by atoms with van der Waals surface area (Å²) in [7, 11) is -4.50. The predicted molar refractivity (Wildman–Crippen MR) is 171 cm³/mol. The number of carbonyl (C=O) groups excluding carboxylic acids is 3. The first kappa shape index (κ1) is 29.6. The van der Waals surface area contributed by atoms with E-state index in [1.165, 1.54) is 18.6 Å². The molecule has 0 amide bonds. The zero-order chi connectivity index (χ0) is 30.7. The Kier molecular flexibility index (Phi) is 7.15. The van der Waals surface area contributed by atoms with Crippen molar-refractivity contribution in [1.29, 1.82) is 0 Å². The van der Waals surface area contributed by atoms with E-state index in [1.54, 1.807) is 6.07 Å². The molecule has 2 aromatic rings. The minimum absolute atomic E-state index is 0.0289. The highest BCUT2D eigenvalue weighted by atomic mass is 127. The van der Waals surface area contributed by atoms with Crippen molar-refractivity contribution in [1.82, 2.24) is 0 Å². The first-order valence-corrected chi connectivity index (χ1v) is 18.8. The molecule has 6 atom stereocenters. The molecule has 6 saturated carbocycles. The zero-order valence-corrected chi connectivity index (χ0v) is 28.6. The second kappa shape index (κ2) is 10.6. The molecule has 1 saturated heterocycles. The van der Waals surface area contributed by atoms with Gasteiger partial charge < -0.3 is 14.2 Å². The standard InChI is InChI=1S/C32H30I2O9S/c33-21-2-1-3-22(34)27(21)32(37)43-29-19-12-20-26(31(36)42-28(20)29)25(19)30(35)41-17-4-5-23(44(38,39)40)18(11-17)24-15-7-13-6-14(9-15)10-16(24)8-13/h1-5,11,13-16,19-20,24-26,28-29H,6-10,12H2,(H,38,39,40). The highest BCUT2D eigenvalue weighted by molar-refractivity contribution is 14.1. The summed E-state index contributed by atoms with van der Waals surface area (Å²) in [4.78, 5) is 39.9. The highest BCUT2D eigenvalue weighted by Crippen LogP contribution is 2.61. The summed E-state index contributed by atoms with van der Waals surface area (Å²) in [6.45, 7) is 0. The Morgan fingerprint density at radius 3 is 2.18 bits per heavy atom. The number of rotatable bonds is 6. The van der Waals surface area contributed by atoms with Gasteiger partial charge in [0.15, 0.2) is 0 Å². The molecule has 7 fully saturated rings. The Balaban J connectivity index is 1.07. The molecule has 44 heavy (non-hydrogen) atoms. The topological polar surface area (TPSA) is 133 Å². The minimum Gasteiger partial charge on any atom is -0.458 e. The molecular weight excluding hydrogens is 814 g/mol. The number of carbonyl (C=O) groups is 3. The lowest BCUT2D eigenvalue weighted by Gasteiger charge is -2.54. The van der Waals surface area contributed by atoms with Crippen LogP contribution >= 0.6 is 45.2 Å². The van der Waals surface area contributed by atoms with Crippen molar-refractivity contribution in [2.75, 3.05) is 0 Å². The molecule has 6 bridgehead atoms. The number of fused-ring (bicyclic) bond motifs is 1. The summed E-state index contributed by atoms with van der Waals surface area (Å²) >= 11 is 4.17. The maximum Gasteiger partial charge on any atom is 0.340 e. The molecule has 1 N–H and O–H groups in total. The summed E-state index contributed by atoms with van der Waals surface area (Å²) < 4.78 is 54.1. The summed E-state index contributed by atoms with van der Waals surface area (Å²) in [5, 5.41) is 0. The number of hydrogen-bond acceptors (Lipinski definition) is 8. The number of ether oxygens (including phenoxy) is 3. The monoisotopic (exact) mass is 844 g/mol. The molecule has 6 aliphatic carbocycles. The Labute approximate surface area is 282 Å². The third kappa shape index (κ3) is 4.66. The second-order valence-electron chi connectivity index (χ2n) is 13.5. The number of halogens is 2. The van der Waals surface area contributed by atoms with Crippen LogP contribution in [0, 0.1) is 54.5 Å². The third-order valence-corrected chi connectivity index (χ3v) is 14.0. The van der Waals surface area contributed by atoms with Gasteiger partial charge in [0.25, 0.3) is 10.1 Å². The van der Waals surface area contributed by atoms with Crippen LogP contribution in [0.1, 0.15) is 60.4 Å². The van der Waals surface area contributed by atoms with Crippen LogP contribution in [-0.2, 0) is 29.2 Å². The smallest absolute Gasteiger partial charge is 0.340 e. The molecule has 1 aliphatic heterocycles. The quantitative estimate of drug-likeness (QED) is 0.170. The first-order valence-electron chi connectivity index (χ1n) is 15.2. The molecule has 9 nitrogen and oxygen atoms in total. The van der Waals surface area contributed by atoms with E-state index in [9.17, 15) is 27.4 Å². The van der Waals surface area contributed by atoms with E-state index in [1.807, 2.05) is 18.2 Å². The zero-order valence-electron chi connectivity index (χ0n) is 23.4. The van der Waals surface area contributed by atoms with Crippen LogP contribution in [0.15, 0.2) is 41.3 Å². The molecular formula is C32H30I2O9S. The van der Waals surface area contributed by atoms with Gasteiger partial charge in [0.1, 0.15) is 18.0 Å². The Hall–Kier alpha value is -1.78. The van der Waals surface area contributed by atoms with Gasteiger partial charge in [-0.25, -0.2) is 4.79 Å². The van der Waals surface area contributed by atoms with Gasteiger partial charge in [-0.1, -0.05) is 6.07 Å². The van der Waals surface area contributed by atoms with Gasteiger partial charge in [0.2, 0.25) is 0 Å². The molecule has 6 unspecified atom stereocenters. The molecule has 0 spiro atoms. The fourth-order valence-electron chi connectivity index (χ4n) is 10.0. The van der Waals surface area contributed by atoms with E-state index >= 15 is 0 Å². The van der Waals surface area contributed by atoms with Crippen molar-refractivity contribution in [3.05, 3.63) is 54.7 Å². The average Bonchev–Trinajstić information content (AvgIpc) is 3.56. The van der Waals surface area contributed by atoms with Crippen molar-refractivity contribution in [3.63, 3.8) is 0 Å². The van der Waals surface area contributed by atoms with Crippen LogP contribution in [0.5, 0.6) is 5.75 Å². The van der Waals surface area contributed by atoms with Crippen LogP contribution in [0.4, 0.5) is 0 Å². The number of esters is 3. The van der Waals surface area contributed by atoms with E-state index in [4.69, 9.17) is 14.2 Å². The highest BCUT2D eigenvalue weighted by Gasteiger charge is 2.70. The second-order valence-corrected chi connectivity index (χ2v) is 17.2. The van der Waals surface area contributed by atoms with Crippen molar-refractivity contribution in [2.24, 2.45) is 47.3 Å². The van der Waals surface area contributed by atoms with E-state index in [0.29, 0.717) is 41.2 Å². The molecule has 12 heteroatoms. The lowest BCUT2D eigenvalue weighted by molar-refractivity contribution is -0.149. The molecule has 2 aromatic carbocycles. The summed E-state index contributed by atoms with van der Waals surface area (Å²) in [5.41, 5.74) is 0.950. The molecule has 232 valence electrons. The van der Waals surface area contributed by atoms with Gasteiger partial charge in [-0.15, -0.1) is 0 Å². The van der Waals surface area contributed by atoms with Gasteiger partial charge in [0.05, 0.1) is 22.3 Å². The third-order valence-electron chi connectivity index (χ3n) is 11.3. The lowest BCUT2D eigenvalue weighted by atomic mass is 9.51. The Morgan fingerprint density at radius 1 is 0.886 bits per heavy atom.